The number of benzene rings is 3. The molecule has 0 aliphatic carbocycles. The van der Waals surface area contributed by atoms with E-state index in [9.17, 15) is 9.59 Å². The average Bonchev–Trinajstić information content (AvgIpc) is 2.84. The molecule has 3 aromatic carbocycles. The third kappa shape index (κ3) is 7.84. The third-order valence-electron chi connectivity index (χ3n) is 5.82. The number of rotatable bonds is 10. The Hall–Kier alpha value is -2.82. The van der Waals surface area contributed by atoms with E-state index in [0.717, 1.165) is 16.7 Å². The fourth-order valence-corrected chi connectivity index (χ4v) is 4.35. The second kappa shape index (κ2) is 12.8. The second-order valence-electron chi connectivity index (χ2n) is 9.23. The molecule has 0 saturated carbocycles. The third-order valence-corrected chi connectivity index (χ3v) is 6.53. The molecule has 0 radical (unpaired) electrons. The van der Waals surface area contributed by atoms with Gasteiger partial charge in [0.2, 0.25) is 11.8 Å². The maximum absolute atomic E-state index is 13.8. The number of carbonyl (C=O) groups is 2. The molecule has 6 heteroatoms. The molecule has 0 aromatic heterocycles. The fraction of sp³-hybridized carbons (Fsp3) is 0.310. The molecule has 4 nitrogen and oxygen atoms in total. The van der Waals surface area contributed by atoms with E-state index in [0.29, 0.717) is 41.0 Å². The van der Waals surface area contributed by atoms with Crippen LogP contribution in [0.25, 0.3) is 0 Å². The minimum absolute atomic E-state index is 0.00706. The lowest BCUT2D eigenvalue weighted by Crippen LogP contribution is -2.51. The second-order valence-corrected chi connectivity index (χ2v) is 10.0. The van der Waals surface area contributed by atoms with Crippen molar-refractivity contribution in [2.75, 3.05) is 6.54 Å². The lowest BCUT2D eigenvalue weighted by atomic mass is 10.0. The molecule has 0 heterocycles. The molecular formula is C29H32Cl2N2O2. The van der Waals surface area contributed by atoms with Gasteiger partial charge in [-0.25, -0.2) is 0 Å². The van der Waals surface area contributed by atoms with Crippen molar-refractivity contribution in [3.63, 3.8) is 0 Å². The molecule has 2 amide bonds. The van der Waals surface area contributed by atoms with E-state index in [1.54, 1.807) is 23.1 Å². The van der Waals surface area contributed by atoms with Crippen LogP contribution in [0.1, 0.15) is 36.1 Å². The molecule has 0 aliphatic heterocycles. The number of nitrogens with one attached hydrogen (secondary N) is 1. The van der Waals surface area contributed by atoms with Gasteiger partial charge in [0.05, 0.1) is 6.42 Å². The van der Waals surface area contributed by atoms with Gasteiger partial charge in [0.1, 0.15) is 6.04 Å². The van der Waals surface area contributed by atoms with Crippen molar-refractivity contribution in [1.29, 1.82) is 0 Å². The number of amides is 2. The summed E-state index contributed by atoms with van der Waals surface area (Å²) in [5.41, 5.74) is 3.62. The van der Waals surface area contributed by atoms with Gasteiger partial charge in [-0.1, -0.05) is 103 Å². The van der Waals surface area contributed by atoms with Crippen molar-refractivity contribution in [3.8, 4) is 0 Å². The van der Waals surface area contributed by atoms with Gasteiger partial charge < -0.3 is 10.2 Å². The van der Waals surface area contributed by atoms with E-state index < -0.39 is 6.04 Å². The smallest absolute Gasteiger partial charge is 0.243 e. The summed E-state index contributed by atoms with van der Waals surface area (Å²) in [4.78, 5) is 28.9. The van der Waals surface area contributed by atoms with Crippen LogP contribution in [0.15, 0.2) is 72.8 Å². The highest BCUT2D eigenvalue weighted by Crippen LogP contribution is 2.26. The fourth-order valence-electron chi connectivity index (χ4n) is 3.82. The predicted molar refractivity (Wildman–Crippen MR) is 144 cm³/mol. The number of hydrogen-bond donors (Lipinski definition) is 1. The SMILES string of the molecule is Cc1ccc(CN(C(=O)Cc2c(Cl)cccc2Cl)[C@@H](Cc2ccccc2)C(=O)NCC(C)C)cc1. The Labute approximate surface area is 218 Å². The highest BCUT2D eigenvalue weighted by molar-refractivity contribution is 6.36. The number of nitrogens with zero attached hydrogens (tertiary/aromatic N) is 1. The van der Waals surface area contributed by atoms with E-state index in [4.69, 9.17) is 23.2 Å². The average molecular weight is 511 g/mol. The first-order valence-corrected chi connectivity index (χ1v) is 12.6. The van der Waals surface area contributed by atoms with Gasteiger partial charge in [-0.2, -0.15) is 0 Å². The van der Waals surface area contributed by atoms with E-state index in [-0.39, 0.29) is 18.2 Å². The molecule has 1 N–H and O–H groups in total. The van der Waals surface area contributed by atoms with Crippen LogP contribution in [0.3, 0.4) is 0 Å². The van der Waals surface area contributed by atoms with Crippen LogP contribution in [0, 0.1) is 12.8 Å². The molecular weight excluding hydrogens is 479 g/mol. The Morgan fingerprint density at radius 3 is 2.09 bits per heavy atom. The summed E-state index contributed by atoms with van der Waals surface area (Å²) < 4.78 is 0. The lowest BCUT2D eigenvalue weighted by molar-refractivity contribution is -0.140. The summed E-state index contributed by atoms with van der Waals surface area (Å²) >= 11 is 12.8. The Balaban J connectivity index is 1.98. The van der Waals surface area contributed by atoms with Crippen LogP contribution >= 0.6 is 23.2 Å². The van der Waals surface area contributed by atoms with Gasteiger partial charge in [-0.15, -0.1) is 0 Å². The van der Waals surface area contributed by atoms with Crippen molar-refractivity contribution in [2.24, 2.45) is 5.92 Å². The Bertz CT molecular complexity index is 1110. The molecule has 0 bridgehead atoms. The van der Waals surface area contributed by atoms with Crippen molar-refractivity contribution in [3.05, 3.63) is 105 Å². The van der Waals surface area contributed by atoms with E-state index in [1.165, 1.54) is 0 Å². The molecule has 35 heavy (non-hydrogen) atoms. The minimum Gasteiger partial charge on any atom is -0.354 e. The van der Waals surface area contributed by atoms with E-state index >= 15 is 0 Å². The first kappa shape index (κ1) is 26.8. The molecule has 184 valence electrons. The van der Waals surface area contributed by atoms with Crippen LogP contribution in [-0.2, 0) is 29.0 Å². The summed E-state index contributed by atoms with van der Waals surface area (Å²) in [6, 6.07) is 22.3. The summed E-state index contributed by atoms with van der Waals surface area (Å²) in [6.45, 7) is 6.94. The molecule has 3 rings (SSSR count). The van der Waals surface area contributed by atoms with Gasteiger partial charge in [0.25, 0.3) is 0 Å². The summed E-state index contributed by atoms with van der Waals surface area (Å²) in [5, 5.41) is 3.90. The standard InChI is InChI=1S/C29H32Cl2N2O2/c1-20(2)18-32-29(35)27(16-22-8-5-4-6-9-22)33(19-23-14-12-21(3)13-15-23)28(34)17-24-25(30)10-7-11-26(24)31/h4-15,20,27H,16-19H2,1-3H3,(H,32,35)/t27-/m0/s1. The topological polar surface area (TPSA) is 49.4 Å². The van der Waals surface area contributed by atoms with Crippen molar-refractivity contribution >= 4 is 35.0 Å². The van der Waals surface area contributed by atoms with Crippen LogP contribution in [0.5, 0.6) is 0 Å². The van der Waals surface area contributed by atoms with Crippen LogP contribution in [-0.4, -0.2) is 29.3 Å². The highest BCUT2D eigenvalue weighted by atomic mass is 35.5. The van der Waals surface area contributed by atoms with Gasteiger partial charge >= 0.3 is 0 Å². The number of hydrogen-bond acceptors (Lipinski definition) is 2. The van der Waals surface area contributed by atoms with Gasteiger partial charge in [-0.3, -0.25) is 9.59 Å². The van der Waals surface area contributed by atoms with E-state index in [2.05, 4.69) is 5.32 Å². The van der Waals surface area contributed by atoms with Crippen LogP contribution in [0.4, 0.5) is 0 Å². The van der Waals surface area contributed by atoms with Crippen LogP contribution < -0.4 is 5.32 Å². The zero-order valence-corrected chi connectivity index (χ0v) is 21.9. The molecule has 0 unspecified atom stereocenters. The Morgan fingerprint density at radius 2 is 1.49 bits per heavy atom. The monoisotopic (exact) mass is 510 g/mol. The number of halogens is 2. The van der Waals surface area contributed by atoms with Crippen molar-refractivity contribution < 1.29 is 9.59 Å². The van der Waals surface area contributed by atoms with Gasteiger partial charge in [0, 0.05) is 29.6 Å². The Kier molecular flexibility index (Phi) is 9.76. The van der Waals surface area contributed by atoms with Gasteiger partial charge in [-0.05, 0) is 41.7 Å². The molecule has 0 aliphatic rings. The van der Waals surface area contributed by atoms with Crippen molar-refractivity contribution in [2.45, 2.75) is 46.2 Å². The molecule has 3 aromatic rings. The molecule has 0 fully saturated rings. The molecule has 0 saturated heterocycles. The van der Waals surface area contributed by atoms with Crippen molar-refractivity contribution in [1.82, 2.24) is 10.2 Å². The molecule has 1 atom stereocenters. The zero-order chi connectivity index (χ0) is 25.4. The van der Waals surface area contributed by atoms with Crippen LogP contribution in [0.2, 0.25) is 10.0 Å². The minimum atomic E-state index is -0.689. The first-order valence-electron chi connectivity index (χ1n) is 11.8. The maximum Gasteiger partial charge on any atom is 0.243 e. The largest absolute Gasteiger partial charge is 0.354 e. The summed E-state index contributed by atoms with van der Waals surface area (Å²) in [6.07, 6.45) is 0.408. The lowest BCUT2D eigenvalue weighted by Gasteiger charge is -2.32. The maximum atomic E-state index is 13.8. The van der Waals surface area contributed by atoms with Gasteiger partial charge in [0.15, 0.2) is 0 Å². The van der Waals surface area contributed by atoms with E-state index in [1.807, 2.05) is 75.4 Å². The normalized spacial score (nSPS) is 11.8. The summed E-state index contributed by atoms with van der Waals surface area (Å²) in [7, 11) is 0. The Morgan fingerprint density at radius 1 is 0.857 bits per heavy atom. The predicted octanol–water partition coefficient (Wildman–Crippen LogP) is 6.26. The molecule has 0 spiro atoms. The highest BCUT2D eigenvalue weighted by Gasteiger charge is 2.31. The zero-order valence-electron chi connectivity index (χ0n) is 20.4. The number of aryl methyl sites for hydroxylation is 1. The quantitative estimate of drug-likeness (QED) is 0.350. The number of carbonyl (C=O) groups excluding carboxylic acids is 2. The summed E-state index contributed by atoms with van der Waals surface area (Å²) in [5.74, 6) is -0.0889. The first-order chi connectivity index (χ1) is 16.7.